The summed E-state index contributed by atoms with van der Waals surface area (Å²) in [4.78, 5) is 14.8. The first-order valence-electron chi connectivity index (χ1n) is 8.15. The highest BCUT2D eigenvalue weighted by Gasteiger charge is 2.31. The number of amides is 1. The first kappa shape index (κ1) is 16.8. The third kappa shape index (κ3) is 4.73. The summed E-state index contributed by atoms with van der Waals surface area (Å²) in [6, 6.07) is 8.47. The van der Waals surface area contributed by atoms with Crippen LogP contribution in [0.25, 0.3) is 0 Å². The third-order valence-corrected chi connectivity index (χ3v) is 4.22. The van der Waals surface area contributed by atoms with E-state index in [1.54, 1.807) is 0 Å². The number of hydrogen-bond acceptors (Lipinski definition) is 3. The van der Waals surface area contributed by atoms with E-state index < -0.39 is 0 Å². The van der Waals surface area contributed by atoms with Crippen molar-refractivity contribution in [3.63, 3.8) is 0 Å². The number of benzene rings is 1. The standard InChI is InChI=1S/C18H29N3O/c1-13-10-15(17(22)20-18(2,3)4)8-9-21(13)12-14-6-5-7-16(19)11-14/h5-7,11,13,15H,8-10,12,19H2,1-4H3,(H,20,22)/t13-,15-/m0/s1. The Balaban J connectivity index is 1.91. The zero-order valence-corrected chi connectivity index (χ0v) is 14.2. The van der Waals surface area contributed by atoms with Crippen molar-refractivity contribution in [2.45, 2.75) is 58.7 Å². The van der Waals surface area contributed by atoms with Gasteiger partial charge < -0.3 is 11.1 Å². The smallest absolute Gasteiger partial charge is 0.223 e. The Morgan fingerprint density at radius 3 is 2.73 bits per heavy atom. The van der Waals surface area contributed by atoms with Crippen LogP contribution in [0.15, 0.2) is 24.3 Å². The van der Waals surface area contributed by atoms with E-state index in [0.717, 1.165) is 31.6 Å². The number of nitrogen functional groups attached to an aromatic ring is 1. The number of likely N-dealkylation sites (tertiary alicyclic amines) is 1. The number of rotatable bonds is 3. The molecule has 0 radical (unpaired) electrons. The van der Waals surface area contributed by atoms with Crippen LogP contribution in [-0.2, 0) is 11.3 Å². The van der Waals surface area contributed by atoms with Crippen molar-refractivity contribution in [2.24, 2.45) is 5.92 Å². The largest absolute Gasteiger partial charge is 0.399 e. The number of piperidine rings is 1. The summed E-state index contributed by atoms with van der Waals surface area (Å²) in [7, 11) is 0. The molecule has 0 aliphatic carbocycles. The maximum absolute atomic E-state index is 12.3. The number of nitrogens with one attached hydrogen (secondary N) is 1. The number of nitrogens with two attached hydrogens (primary N) is 1. The zero-order chi connectivity index (χ0) is 16.3. The van der Waals surface area contributed by atoms with Crippen LogP contribution in [-0.4, -0.2) is 28.9 Å². The van der Waals surface area contributed by atoms with Gasteiger partial charge in [-0.3, -0.25) is 9.69 Å². The lowest BCUT2D eigenvalue weighted by molar-refractivity contribution is -0.128. The highest BCUT2D eigenvalue weighted by Crippen LogP contribution is 2.25. The molecule has 122 valence electrons. The highest BCUT2D eigenvalue weighted by molar-refractivity contribution is 5.79. The lowest BCUT2D eigenvalue weighted by Gasteiger charge is -2.38. The summed E-state index contributed by atoms with van der Waals surface area (Å²) in [5, 5.41) is 3.11. The predicted molar refractivity (Wildman–Crippen MR) is 91.3 cm³/mol. The second kappa shape index (κ2) is 6.69. The molecule has 0 bridgehead atoms. The lowest BCUT2D eigenvalue weighted by atomic mass is 9.89. The van der Waals surface area contributed by atoms with Crippen LogP contribution in [0.4, 0.5) is 5.69 Å². The average molecular weight is 303 g/mol. The van der Waals surface area contributed by atoms with Gasteiger partial charge in [0.1, 0.15) is 0 Å². The summed E-state index contributed by atoms with van der Waals surface area (Å²) in [6.45, 7) is 10.2. The van der Waals surface area contributed by atoms with Crippen molar-refractivity contribution in [3.05, 3.63) is 29.8 Å². The molecule has 22 heavy (non-hydrogen) atoms. The zero-order valence-electron chi connectivity index (χ0n) is 14.2. The van der Waals surface area contributed by atoms with Crippen LogP contribution < -0.4 is 11.1 Å². The second-order valence-electron chi connectivity index (χ2n) is 7.53. The Bertz CT molecular complexity index is 521. The van der Waals surface area contributed by atoms with Gasteiger partial charge in [-0.15, -0.1) is 0 Å². The predicted octanol–water partition coefficient (Wildman–Crippen LogP) is 2.78. The average Bonchev–Trinajstić information content (AvgIpc) is 2.39. The SMILES string of the molecule is C[C@H]1C[C@@H](C(=O)NC(C)(C)C)CCN1Cc1cccc(N)c1. The van der Waals surface area contributed by atoms with E-state index in [1.165, 1.54) is 5.56 Å². The van der Waals surface area contributed by atoms with Gasteiger partial charge in [-0.25, -0.2) is 0 Å². The van der Waals surface area contributed by atoms with Gasteiger partial charge in [-0.05, 0) is 64.8 Å². The quantitative estimate of drug-likeness (QED) is 0.844. The molecule has 0 saturated carbocycles. The van der Waals surface area contributed by atoms with Crippen LogP contribution in [0.3, 0.4) is 0 Å². The minimum Gasteiger partial charge on any atom is -0.399 e. The number of hydrogen-bond donors (Lipinski definition) is 2. The molecule has 1 aliphatic heterocycles. The molecule has 2 rings (SSSR count). The number of carbonyl (C=O) groups excluding carboxylic acids is 1. The molecule has 2 atom stereocenters. The number of anilines is 1. The van der Waals surface area contributed by atoms with Gasteiger partial charge in [0.05, 0.1) is 0 Å². The molecular weight excluding hydrogens is 274 g/mol. The Morgan fingerprint density at radius 2 is 2.14 bits per heavy atom. The van der Waals surface area contributed by atoms with Crippen LogP contribution in [0.5, 0.6) is 0 Å². The highest BCUT2D eigenvalue weighted by atomic mass is 16.2. The van der Waals surface area contributed by atoms with Crippen molar-refractivity contribution >= 4 is 11.6 Å². The van der Waals surface area contributed by atoms with E-state index >= 15 is 0 Å². The summed E-state index contributed by atoms with van der Waals surface area (Å²) >= 11 is 0. The maximum atomic E-state index is 12.3. The summed E-state index contributed by atoms with van der Waals surface area (Å²) in [5.74, 6) is 0.328. The fraction of sp³-hybridized carbons (Fsp3) is 0.611. The Kier molecular flexibility index (Phi) is 5.12. The Morgan fingerprint density at radius 1 is 1.41 bits per heavy atom. The van der Waals surface area contributed by atoms with Gasteiger partial charge in [0.15, 0.2) is 0 Å². The topological polar surface area (TPSA) is 58.4 Å². The van der Waals surface area contributed by atoms with Crippen LogP contribution >= 0.6 is 0 Å². The normalized spacial score (nSPS) is 23.3. The van der Waals surface area contributed by atoms with Gasteiger partial charge in [-0.1, -0.05) is 12.1 Å². The molecule has 1 aliphatic rings. The fourth-order valence-corrected chi connectivity index (χ4v) is 3.09. The number of carbonyl (C=O) groups is 1. The van der Waals surface area contributed by atoms with Gasteiger partial charge in [-0.2, -0.15) is 0 Å². The molecule has 4 heteroatoms. The molecule has 0 aromatic heterocycles. The second-order valence-corrected chi connectivity index (χ2v) is 7.53. The lowest BCUT2D eigenvalue weighted by Crippen LogP contribution is -2.49. The molecule has 0 spiro atoms. The first-order chi connectivity index (χ1) is 10.2. The summed E-state index contributed by atoms with van der Waals surface area (Å²) in [6.07, 6.45) is 1.85. The summed E-state index contributed by atoms with van der Waals surface area (Å²) < 4.78 is 0. The third-order valence-electron chi connectivity index (χ3n) is 4.22. The van der Waals surface area contributed by atoms with Gasteiger partial charge in [0, 0.05) is 29.7 Å². The molecule has 1 amide bonds. The first-order valence-corrected chi connectivity index (χ1v) is 8.15. The monoisotopic (exact) mass is 303 g/mol. The van der Waals surface area contributed by atoms with Crippen molar-refractivity contribution in [2.75, 3.05) is 12.3 Å². The fourth-order valence-electron chi connectivity index (χ4n) is 3.09. The molecule has 1 fully saturated rings. The van der Waals surface area contributed by atoms with E-state index in [2.05, 4.69) is 23.2 Å². The van der Waals surface area contributed by atoms with Crippen molar-refractivity contribution in [1.82, 2.24) is 10.2 Å². The maximum Gasteiger partial charge on any atom is 0.223 e. The van der Waals surface area contributed by atoms with E-state index in [0.29, 0.717) is 6.04 Å². The molecule has 1 aromatic rings. The van der Waals surface area contributed by atoms with E-state index in [9.17, 15) is 4.79 Å². The Hall–Kier alpha value is -1.55. The van der Waals surface area contributed by atoms with Gasteiger partial charge in [0.2, 0.25) is 5.91 Å². The summed E-state index contributed by atoms with van der Waals surface area (Å²) in [5.41, 5.74) is 7.74. The van der Waals surface area contributed by atoms with Crippen LogP contribution in [0.2, 0.25) is 0 Å². The number of nitrogens with zero attached hydrogens (tertiary/aromatic N) is 1. The molecule has 3 N–H and O–H groups in total. The van der Waals surface area contributed by atoms with E-state index in [-0.39, 0.29) is 17.4 Å². The van der Waals surface area contributed by atoms with Crippen molar-refractivity contribution in [1.29, 1.82) is 0 Å². The molecular formula is C18H29N3O. The molecule has 0 unspecified atom stereocenters. The van der Waals surface area contributed by atoms with Crippen molar-refractivity contribution < 1.29 is 4.79 Å². The molecule has 4 nitrogen and oxygen atoms in total. The van der Waals surface area contributed by atoms with E-state index in [1.807, 2.05) is 39.0 Å². The van der Waals surface area contributed by atoms with E-state index in [4.69, 9.17) is 5.73 Å². The Labute approximate surface area is 134 Å². The minimum atomic E-state index is -0.154. The van der Waals surface area contributed by atoms with Gasteiger partial charge in [0.25, 0.3) is 0 Å². The minimum absolute atomic E-state index is 0.131. The molecule has 1 aromatic carbocycles. The molecule has 1 saturated heterocycles. The van der Waals surface area contributed by atoms with Crippen LogP contribution in [0.1, 0.15) is 46.1 Å². The van der Waals surface area contributed by atoms with Crippen LogP contribution in [0, 0.1) is 5.92 Å². The van der Waals surface area contributed by atoms with Crippen molar-refractivity contribution in [3.8, 4) is 0 Å². The molecule has 1 heterocycles. The van der Waals surface area contributed by atoms with Gasteiger partial charge >= 0.3 is 0 Å².